The molecule has 1 atom stereocenters. The molecule has 8 heteroatoms. The number of nitrogens with one attached hydrogen (secondary N) is 2. The van der Waals surface area contributed by atoms with E-state index >= 15 is 0 Å². The van der Waals surface area contributed by atoms with Crippen LogP contribution in [0.25, 0.3) is 11.3 Å². The highest BCUT2D eigenvalue weighted by atomic mass is 16.5. The summed E-state index contributed by atoms with van der Waals surface area (Å²) in [6.07, 6.45) is 4.39. The van der Waals surface area contributed by atoms with Crippen LogP contribution in [0.2, 0.25) is 0 Å². The summed E-state index contributed by atoms with van der Waals surface area (Å²) in [7, 11) is 2.91. The van der Waals surface area contributed by atoms with Crippen LogP contribution in [0.3, 0.4) is 0 Å². The number of aromatic nitrogens is 3. The van der Waals surface area contributed by atoms with Gasteiger partial charge in [-0.2, -0.15) is 4.98 Å². The van der Waals surface area contributed by atoms with E-state index in [0.717, 1.165) is 17.7 Å². The molecule has 3 rings (SSSR count). The maximum atomic E-state index is 11.9. The average molecular weight is 407 g/mol. The number of anilines is 3. The second-order valence-electron chi connectivity index (χ2n) is 6.69. The van der Waals surface area contributed by atoms with Gasteiger partial charge in [-0.25, -0.2) is 9.78 Å². The van der Waals surface area contributed by atoms with Gasteiger partial charge in [-0.3, -0.25) is 4.98 Å². The van der Waals surface area contributed by atoms with Gasteiger partial charge in [0.15, 0.2) is 0 Å². The summed E-state index contributed by atoms with van der Waals surface area (Å²) in [6.45, 7) is 4.15. The number of benzene rings is 1. The topological polar surface area (TPSA) is 98.3 Å². The summed E-state index contributed by atoms with van der Waals surface area (Å²) in [5.74, 6) is 1.19. The van der Waals surface area contributed by atoms with Gasteiger partial charge in [0.05, 0.1) is 31.2 Å². The van der Waals surface area contributed by atoms with Gasteiger partial charge < -0.3 is 20.1 Å². The Morgan fingerprint density at radius 3 is 2.67 bits per heavy atom. The van der Waals surface area contributed by atoms with Crippen molar-refractivity contribution in [1.82, 2.24) is 15.0 Å². The van der Waals surface area contributed by atoms with Crippen LogP contribution in [0.15, 0.2) is 48.8 Å². The lowest BCUT2D eigenvalue weighted by molar-refractivity contribution is 0.0600. The third kappa shape index (κ3) is 5.02. The highest BCUT2D eigenvalue weighted by molar-refractivity contribution is 5.91. The molecule has 0 saturated heterocycles. The van der Waals surface area contributed by atoms with Gasteiger partial charge in [0.2, 0.25) is 5.95 Å². The summed E-state index contributed by atoms with van der Waals surface area (Å²) < 4.78 is 10.2. The van der Waals surface area contributed by atoms with E-state index in [0.29, 0.717) is 28.8 Å². The normalized spacial score (nSPS) is 11.5. The molecule has 1 aromatic carbocycles. The van der Waals surface area contributed by atoms with Gasteiger partial charge in [0.25, 0.3) is 0 Å². The van der Waals surface area contributed by atoms with E-state index in [4.69, 9.17) is 9.47 Å². The van der Waals surface area contributed by atoms with Crippen molar-refractivity contribution in [3.05, 3.63) is 54.4 Å². The molecule has 0 aliphatic carbocycles. The fourth-order valence-corrected chi connectivity index (χ4v) is 2.75. The van der Waals surface area contributed by atoms with E-state index in [-0.39, 0.29) is 6.04 Å². The predicted molar refractivity (Wildman–Crippen MR) is 116 cm³/mol. The molecule has 0 saturated carbocycles. The molecule has 0 amide bonds. The fourth-order valence-electron chi connectivity index (χ4n) is 2.75. The van der Waals surface area contributed by atoms with Crippen LogP contribution in [0, 0.1) is 0 Å². The molecule has 2 N–H and O–H groups in total. The summed E-state index contributed by atoms with van der Waals surface area (Å²) in [4.78, 5) is 25.3. The summed E-state index contributed by atoms with van der Waals surface area (Å²) in [6, 6.07) is 10.8. The molecule has 0 aliphatic heterocycles. The minimum Gasteiger partial charge on any atom is -0.495 e. The van der Waals surface area contributed by atoms with E-state index in [2.05, 4.69) is 39.4 Å². The first-order chi connectivity index (χ1) is 14.5. The van der Waals surface area contributed by atoms with E-state index in [9.17, 15) is 4.79 Å². The lowest BCUT2D eigenvalue weighted by Crippen LogP contribution is -2.16. The zero-order valence-electron chi connectivity index (χ0n) is 17.5. The van der Waals surface area contributed by atoms with Crippen LogP contribution >= 0.6 is 0 Å². The van der Waals surface area contributed by atoms with Gasteiger partial charge in [-0.1, -0.05) is 6.92 Å². The smallest absolute Gasteiger partial charge is 0.337 e. The maximum Gasteiger partial charge on any atom is 0.337 e. The molecule has 2 aromatic heterocycles. The number of rotatable bonds is 8. The third-order valence-corrected chi connectivity index (χ3v) is 4.55. The van der Waals surface area contributed by atoms with Gasteiger partial charge in [-0.05, 0) is 43.7 Å². The van der Waals surface area contributed by atoms with E-state index in [1.54, 1.807) is 37.7 Å². The number of methoxy groups -OCH3 is 2. The highest BCUT2D eigenvalue weighted by Crippen LogP contribution is 2.30. The van der Waals surface area contributed by atoms with E-state index in [1.807, 2.05) is 18.2 Å². The number of hydrogen-bond acceptors (Lipinski definition) is 8. The van der Waals surface area contributed by atoms with Crippen molar-refractivity contribution >= 4 is 23.4 Å². The zero-order valence-corrected chi connectivity index (χ0v) is 17.5. The van der Waals surface area contributed by atoms with Gasteiger partial charge in [-0.15, -0.1) is 0 Å². The largest absolute Gasteiger partial charge is 0.495 e. The third-order valence-electron chi connectivity index (χ3n) is 4.55. The maximum absolute atomic E-state index is 11.9. The Morgan fingerprint density at radius 2 is 2.00 bits per heavy atom. The summed E-state index contributed by atoms with van der Waals surface area (Å²) >= 11 is 0. The Balaban J connectivity index is 2.02. The number of carbonyl (C=O) groups is 1. The lowest BCUT2D eigenvalue weighted by Gasteiger charge is -2.16. The number of ether oxygens (including phenoxy) is 2. The van der Waals surface area contributed by atoms with Crippen molar-refractivity contribution in [3.63, 3.8) is 0 Å². The molecule has 0 bridgehead atoms. The van der Waals surface area contributed by atoms with Gasteiger partial charge >= 0.3 is 5.97 Å². The highest BCUT2D eigenvalue weighted by Gasteiger charge is 2.14. The molecule has 2 heterocycles. The van der Waals surface area contributed by atoms with Gasteiger partial charge in [0, 0.05) is 30.1 Å². The molecule has 0 radical (unpaired) electrons. The molecular formula is C22H25N5O3. The minimum absolute atomic E-state index is 0.208. The van der Waals surface area contributed by atoms with Crippen LogP contribution in [-0.2, 0) is 4.74 Å². The zero-order chi connectivity index (χ0) is 21.5. The van der Waals surface area contributed by atoms with Crippen LogP contribution in [0.5, 0.6) is 5.75 Å². The Bertz CT molecular complexity index is 1010. The minimum atomic E-state index is -0.432. The number of esters is 1. The van der Waals surface area contributed by atoms with E-state index in [1.165, 1.54) is 7.11 Å². The first kappa shape index (κ1) is 21.0. The molecule has 8 nitrogen and oxygen atoms in total. The molecule has 30 heavy (non-hydrogen) atoms. The molecule has 0 fully saturated rings. The number of hydrogen-bond donors (Lipinski definition) is 2. The number of pyridine rings is 1. The monoisotopic (exact) mass is 407 g/mol. The predicted octanol–water partition coefficient (Wildman–Crippen LogP) is 4.29. The molecule has 0 spiro atoms. The van der Waals surface area contributed by atoms with Crippen molar-refractivity contribution in [2.24, 2.45) is 0 Å². The van der Waals surface area contributed by atoms with Crippen LogP contribution in [0.1, 0.15) is 30.6 Å². The van der Waals surface area contributed by atoms with E-state index < -0.39 is 5.97 Å². The van der Waals surface area contributed by atoms with Crippen molar-refractivity contribution in [3.8, 4) is 17.0 Å². The van der Waals surface area contributed by atoms with Crippen molar-refractivity contribution in [2.45, 2.75) is 26.3 Å². The van der Waals surface area contributed by atoms with Crippen LogP contribution in [0.4, 0.5) is 17.5 Å². The first-order valence-electron chi connectivity index (χ1n) is 9.63. The Labute approximate surface area is 175 Å². The van der Waals surface area contributed by atoms with Crippen molar-refractivity contribution in [2.75, 3.05) is 24.9 Å². The molecule has 0 aliphatic rings. The SMILES string of the molecule is CC[C@@H](C)Nc1nc(Nc2cc(C(=O)OC)ccc2OC)cc(-c2cccnc2)n1. The summed E-state index contributed by atoms with van der Waals surface area (Å²) in [5.41, 5.74) is 2.57. The first-order valence-corrected chi connectivity index (χ1v) is 9.63. The lowest BCUT2D eigenvalue weighted by atomic mass is 10.1. The second kappa shape index (κ2) is 9.69. The fraction of sp³-hybridized carbons (Fsp3) is 0.273. The quantitative estimate of drug-likeness (QED) is 0.534. The standard InChI is InChI=1S/C22H25N5O3/c1-5-14(2)24-22-26-17(16-7-6-10-23-13-16)12-20(27-22)25-18-11-15(21(28)30-4)8-9-19(18)29-3/h6-14H,5H2,1-4H3,(H2,24,25,26,27)/t14-/m1/s1. The number of carbonyl (C=O) groups excluding carboxylic acids is 1. The number of nitrogens with zero attached hydrogens (tertiary/aromatic N) is 3. The van der Waals surface area contributed by atoms with Crippen molar-refractivity contribution in [1.29, 1.82) is 0 Å². The molecule has 0 unspecified atom stereocenters. The molecule has 156 valence electrons. The Hall–Kier alpha value is -3.68. The van der Waals surface area contributed by atoms with Gasteiger partial charge in [0.1, 0.15) is 11.6 Å². The summed E-state index contributed by atoms with van der Waals surface area (Å²) in [5, 5.41) is 6.55. The van der Waals surface area contributed by atoms with Crippen LogP contribution in [-0.4, -0.2) is 41.2 Å². The Kier molecular flexibility index (Phi) is 6.79. The van der Waals surface area contributed by atoms with Crippen LogP contribution < -0.4 is 15.4 Å². The molecular weight excluding hydrogens is 382 g/mol. The second-order valence-corrected chi connectivity index (χ2v) is 6.69. The van der Waals surface area contributed by atoms with Crippen molar-refractivity contribution < 1.29 is 14.3 Å². The average Bonchev–Trinajstić information content (AvgIpc) is 2.78. The Morgan fingerprint density at radius 1 is 1.17 bits per heavy atom. The molecule has 3 aromatic rings.